The van der Waals surface area contributed by atoms with Crippen LogP contribution >= 0.6 is 0 Å². The molecule has 3 rings (SSSR count). The topological polar surface area (TPSA) is 46.2 Å². The van der Waals surface area contributed by atoms with Crippen LogP contribution in [-0.4, -0.2) is 26.8 Å². The maximum absolute atomic E-state index is 12.4. The lowest BCUT2D eigenvalue weighted by molar-refractivity contribution is 0.0966. The highest BCUT2D eigenvalue weighted by atomic mass is 32.2. The summed E-state index contributed by atoms with van der Waals surface area (Å²) in [5.41, 5.74) is 1.20. The Morgan fingerprint density at radius 2 is 2.00 bits per heavy atom. The van der Waals surface area contributed by atoms with Gasteiger partial charge in [0, 0.05) is 18.5 Å². The fraction of sp³-hybridized carbons (Fsp3) is 0.625. The highest BCUT2D eigenvalue weighted by Gasteiger charge is 2.50. The molecule has 0 radical (unpaired) electrons. The third-order valence-corrected chi connectivity index (χ3v) is 6.78. The van der Waals surface area contributed by atoms with Crippen LogP contribution < -0.4 is 5.32 Å². The second-order valence-electron chi connectivity index (χ2n) is 6.62. The monoisotopic (exact) mass is 293 g/mol. The highest BCUT2D eigenvalue weighted by molar-refractivity contribution is 7.91. The molecule has 20 heavy (non-hydrogen) atoms. The van der Waals surface area contributed by atoms with E-state index >= 15 is 0 Å². The van der Waals surface area contributed by atoms with Crippen molar-refractivity contribution in [1.82, 2.24) is 5.32 Å². The summed E-state index contributed by atoms with van der Waals surface area (Å²) >= 11 is 0. The first kappa shape index (κ1) is 14.1. The SMILES string of the molecule is CC(C)NCC1(C2CS(=O)(=O)c3ccccc32)CCC1. The van der Waals surface area contributed by atoms with E-state index < -0.39 is 9.84 Å². The van der Waals surface area contributed by atoms with Crippen LogP contribution in [0.3, 0.4) is 0 Å². The molecule has 0 saturated heterocycles. The Labute approximate surface area is 121 Å². The van der Waals surface area contributed by atoms with Crippen LogP contribution in [0.1, 0.15) is 44.6 Å². The van der Waals surface area contributed by atoms with Gasteiger partial charge in [0.2, 0.25) is 0 Å². The molecule has 1 aromatic rings. The molecule has 4 heteroatoms. The number of benzene rings is 1. The lowest BCUT2D eigenvalue weighted by Gasteiger charge is -2.47. The molecule has 3 nitrogen and oxygen atoms in total. The maximum atomic E-state index is 12.4. The number of hydrogen-bond donors (Lipinski definition) is 1. The maximum Gasteiger partial charge on any atom is 0.179 e. The van der Waals surface area contributed by atoms with Crippen molar-refractivity contribution in [3.63, 3.8) is 0 Å². The lowest BCUT2D eigenvalue weighted by Crippen LogP contribution is -2.46. The van der Waals surface area contributed by atoms with Gasteiger partial charge in [0.05, 0.1) is 10.6 Å². The van der Waals surface area contributed by atoms with Gasteiger partial charge in [-0.2, -0.15) is 0 Å². The van der Waals surface area contributed by atoms with Gasteiger partial charge in [-0.3, -0.25) is 0 Å². The molecule has 0 spiro atoms. The van der Waals surface area contributed by atoms with Crippen molar-refractivity contribution < 1.29 is 8.42 Å². The number of nitrogens with one attached hydrogen (secondary N) is 1. The molecule has 1 atom stereocenters. The van der Waals surface area contributed by atoms with Crippen molar-refractivity contribution in [3.8, 4) is 0 Å². The molecule has 0 aromatic heterocycles. The number of rotatable bonds is 4. The molecule has 0 amide bonds. The van der Waals surface area contributed by atoms with Crippen LogP contribution in [0.15, 0.2) is 29.2 Å². The van der Waals surface area contributed by atoms with E-state index in [0.717, 1.165) is 24.9 Å². The Morgan fingerprint density at radius 1 is 1.30 bits per heavy atom. The van der Waals surface area contributed by atoms with Gasteiger partial charge in [0.15, 0.2) is 9.84 Å². The molecule has 1 saturated carbocycles. The number of hydrogen-bond acceptors (Lipinski definition) is 3. The zero-order valence-corrected chi connectivity index (χ0v) is 13.0. The van der Waals surface area contributed by atoms with Gasteiger partial charge >= 0.3 is 0 Å². The first-order valence-corrected chi connectivity index (χ1v) is 9.15. The summed E-state index contributed by atoms with van der Waals surface area (Å²) in [5, 5.41) is 3.53. The van der Waals surface area contributed by atoms with Crippen molar-refractivity contribution in [3.05, 3.63) is 29.8 Å². The summed E-state index contributed by atoms with van der Waals surface area (Å²) < 4.78 is 24.7. The van der Waals surface area contributed by atoms with Crippen LogP contribution in [0, 0.1) is 5.41 Å². The summed E-state index contributed by atoms with van der Waals surface area (Å²) in [4.78, 5) is 0.570. The molecule has 1 aliphatic carbocycles. The van der Waals surface area contributed by atoms with E-state index in [1.54, 1.807) is 6.07 Å². The largest absolute Gasteiger partial charge is 0.314 e. The first-order valence-electron chi connectivity index (χ1n) is 7.50. The Kier molecular flexibility index (Phi) is 3.41. The van der Waals surface area contributed by atoms with Crippen LogP contribution in [-0.2, 0) is 9.84 Å². The van der Waals surface area contributed by atoms with E-state index in [4.69, 9.17) is 0 Å². The van der Waals surface area contributed by atoms with Gasteiger partial charge in [-0.05, 0) is 29.9 Å². The van der Waals surface area contributed by atoms with E-state index in [9.17, 15) is 8.42 Å². The van der Waals surface area contributed by atoms with Crippen molar-refractivity contribution >= 4 is 9.84 Å². The van der Waals surface area contributed by atoms with E-state index in [1.165, 1.54) is 6.42 Å². The first-order chi connectivity index (χ1) is 9.45. The minimum absolute atomic E-state index is 0.143. The van der Waals surface area contributed by atoms with E-state index in [-0.39, 0.29) is 11.3 Å². The number of fused-ring (bicyclic) bond motifs is 1. The second-order valence-corrected chi connectivity index (χ2v) is 8.63. The van der Waals surface area contributed by atoms with Crippen LogP contribution in [0.2, 0.25) is 0 Å². The van der Waals surface area contributed by atoms with Gasteiger partial charge in [-0.1, -0.05) is 38.5 Å². The average Bonchev–Trinajstić information content (AvgIpc) is 2.61. The highest BCUT2D eigenvalue weighted by Crippen LogP contribution is 2.55. The third-order valence-electron chi connectivity index (χ3n) is 4.97. The molecular weight excluding hydrogens is 270 g/mol. The Morgan fingerprint density at radius 3 is 2.60 bits per heavy atom. The fourth-order valence-corrected chi connectivity index (χ4v) is 5.65. The van der Waals surface area contributed by atoms with Crippen molar-refractivity contribution in [2.45, 2.75) is 50.0 Å². The Bertz CT molecular complexity index is 603. The molecule has 1 aliphatic heterocycles. The van der Waals surface area contributed by atoms with Gasteiger partial charge in [0.1, 0.15) is 0 Å². The molecule has 1 fully saturated rings. The van der Waals surface area contributed by atoms with E-state index in [0.29, 0.717) is 16.7 Å². The van der Waals surface area contributed by atoms with E-state index in [1.807, 2.05) is 18.2 Å². The van der Waals surface area contributed by atoms with Gasteiger partial charge in [-0.25, -0.2) is 8.42 Å². The Balaban J connectivity index is 1.95. The van der Waals surface area contributed by atoms with Crippen LogP contribution in [0.5, 0.6) is 0 Å². The van der Waals surface area contributed by atoms with Crippen molar-refractivity contribution in [1.29, 1.82) is 0 Å². The molecule has 2 aliphatic rings. The zero-order chi connectivity index (χ0) is 14.4. The molecule has 1 heterocycles. The zero-order valence-electron chi connectivity index (χ0n) is 12.2. The van der Waals surface area contributed by atoms with Crippen molar-refractivity contribution in [2.75, 3.05) is 12.3 Å². The summed E-state index contributed by atoms with van der Waals surface area (Å²) in [5.74, 6) is 0.468. The predicted octanol–water partition coefficient (Wildman–Crippen LogP) is 2.73. The van der Waals surface area contributed by atoms with Crippen LogP contribution in [0.4, 0.5) is 0 Å². The summed E-state index contributed by atoms with van der Waals surface area (Å²) in [6.07, 6.45) is 3.50. The average molecular weight is 293 g/mol. The number of sulfone groups is 1. The minimum Gasteiger partial charge on any atom is -0.314 e. The van der Waals surface area contributed by atoms with Crippen molar-refractivity contribution in [2.24, 2.45) is 5.41 Å². The van der Waals surface area contributed by atoms with Crippen LogP contribution in [0.25, 0.3) is 0 Å². The molecule has 1 N–H and O–H groups in total. The predicted molar refractivity (Wildman–Crippen MR) is 80.7 cm³/mol. The fourth-order valence-electron chi connectivity index (χ4n) is 3.64. The second kappa shape index (κ2) is 4.85. The molecule has 110 valence electrons. The summed E-state index contributed by atoms with van der Waals surface area (Å²) in [6, 6.07) is 8.03. The standard InChI is InChI=1S/C16H23NO2S/c1-12(2)17-11-16(8-5-9-16)14-10-20(18,19)15-7-4-3-6-13(14)15/h3-4,6-7,12,14,17H,5,8-11H2,1-2H3. The molecule has 1 aromatic carbocycles. The molecule has 0 bridgehead atoms. The van der Waals surface area contributed by atoms with Gasteiger partial charge in [-0.15, -0.1) is 0 Å². The molecule has 1 unspecified atom stereocenters. The van der Waals surface area contributed by atoms with Gasteiger partial charge in [0.25, 0.3) is 0 Å². The minimum atomic E-state index is -3.08. The lowest BCUT2D eigenvalue weighted by atomic mass is 9.59. The van der Waals surface area contributed by atoms with E-state index in [2.05, 4.69) is 19.2 Å². The molecular formula is C16H23NO2S. The Hall–Kier alpha value is -0.870. The smallest absolute Gasteiger partial charge is 0.179 e. The summed E-state index contributed by atoms with van der Waals surface area (Å²) in [6.45, 7) is 5.22. The third kappa shape index (κ3) is 2.19. The normalized spacial score (nSPS) is 26.2. The van der Waals surface area contributed by atoms with Gasteiger partial charge < -0.3 is 5.32 Å². The summed E-state index contributed by atoms with van der Waals surface area (Å²) in [7, 11) is -3.08. The quantitative estimate of drug-likeness (QED) is 0.928.